The van der Waals surface area contributed by atoms with Gasteiger partial charge in [-0.1, -0.05) is 12.1 Å². The molecule has 262 valence electrons. The first-order valence-electron chi connectivity index (χ1n) is 15.3. The van der Waals surface area contributed by atoms with Gasteiger partial charge < -0.3 is 43.6 Å². The van der Waals surface area contributed by atoms with Crippen LogP contribution in [0, 0.1) is 0 Å². The molecule has 4 aromatic heterocycles. The van der Waals surface area contributed by atoms with E-state index in [0.29, 0.717) is 74.5 Å². The molecule has 16 heteroatoms. The van der Waals surface area contributed by atoms with Gasteiger partial charge in [-0.15, -0.1) is 20.4 Å². The van der Waals surface area contributed by atoms with Gasteiger partial charge in [0, 0.05) is 60.2 Å². The fourth-order valence-corrected chi connectivity index (χ4v) is 4.65. The van der Waals surface area contributed by atoms with E-state index < -0.39 is 0 Å². The number of methoxy groups -OCH3 is 3. The number of benzene rings is 3. The summed E-state index contributed by atoms with van der Waals surface area (Å²) in [7, 11) is 4.48. The van der Waals surface area contributed by atoms with Crippen molar-refractivity contribution in [3.8, 4) is 63.4 Å². The predicted molar refractivity (Wildman–Crippen MR) is 187 cm³/mol. The van der Waals surface area contributed by atoms with Gasteiger partial charge in [0.15, 0.2) is 11.5 Å². The van der Waals surface area contributed by atoms with E-state index in [2.05, 4.69) is 35.7 Å². The number of aromatic nitrogens is 6. The van der Waals surface area contributed by atoms with Crippen molar-refractivity contribution in [2.24, 2.45) is 0 Å². The summed E-state index contributed by atoms with van der Waals surface area (Å²) in [5.41, 5.74) is 8.19. The van der Waals surface area contributed by atoms with Gasteiger partial charge in [-0.3, -0.25) is 14.8 Å². The lowest BCUT2D eigenvalue weighted by atomic mass is 10.1. The number of hydrogen-bond acceptors (Lipinski definition) is 15. The average Bonchev–Trinajstić information content (AvgIpc) is 3.91. The summed E-state index contributed by atoms with van der Waals surface area (Å²) in [6.07, 6.45) is 5.66. The van der Waals surface area contributed by atoms with Crippen LogP contribution in [0.3, 0.4) is 0 Å². The van der Waals surface area contributed by atoms with E-state index in [1.165, 1.54) is 34.1 Å². The van der Waals surface area contributed by atoms with Gasteiger partial charge in [0.25, 0.3) is 17.7 Å². The standard InChI is InChI=1S/C23H20N4O6.C13H10N4O2/c1-29-19-12-21(31-3)20(30-2)11-17(19)22(28)26-14-5-4-6-15(9-14)33-16-7-8-24-18(10-16)23-27-25-13-32-23;14-9-2-1-3-10(6-9)19-11-4-5-15-12(7-11)13-17-16-8-18-13/h4-13H,1-3H3,(H,26,28);1-8H,14H2. The quantitative estimate of drug-likeness (QED) is 0.134. The SMILES string of the molecule is COc1cc(OC)c(C(=O)Nc2cccc(Oc3ccnc(-c4nnco4)c3)c2)cc1OC.Nc1cccc(Oc2ccnc(-c3nnco3)c2)c1. The van der Waals surface area contributed by atoms with E-state index in [1.54, 1.807) is 85.2 Å². The molecule has 0 bridgehead atoms. The number of nitrogens with zero attached hydrogens (tertiary/aromatic N) is 6. The third-order valence-corrected chi connectivity index (χ3v) is 6.99. The van der Waals surface area contributed by atoms with Gasteiger partial charge in [0.1, 0.15) is 40.1 Å². The minimum absolute atomic E-state index is 0.283. The molecule has 0 saturated carbocycles. The second-order valence-corrected chi connectivity index (χ2v) is 10.4. The highest BCUT2D eigenvalue weighted by Gasteiger charge is 2.18. The highest BCUT2D eigenvalue weighted by atomic mass is 16.5. The summed E-state index contributed by atoms with van der Waals surface area (Å²) in [5, 5.41) is 17.7. The number of carbonyl (C=O) groups is 1. The van der Waals surface area contributed by atoms with Crippen molar-refractivity contribution in [2.45, 2.75) is 0 Å². The number of amides is 1. The van der Waals surface area contributed by atoms with Crippen LogP contribution in [-0.4, -0.2) is 57.6 Å². The van der Waals surface area contributed by atoms with Crippen molar-refractivity contribution in [3.63, 3.8) is 0 Å². The third kappa shape index (κ3) is 8.56. The lowest BCUT2D eigenvalue weighted by molar-refractivity contribution is 0.102. The molecule has 7 aromatic rings. The molecule has 4 heterocycles. The molecular weight excluding hydrogens is 672 g/mol. The fourth-order valence-electron chi connectivity index (χ4n) is 4.65. The number of nitrogens with two attached hydrogens (primary N) is 1. The Morgan fingerprint density at radius 1 is 0.635 bits per heavy atom. The number of nitrogens with one attached hydrogen (secondary N) is 1. The molecule has 0 unspecified atom stereocenters. The summed E-state index contributed by atoms with van der Waals surface area (Å²) >= 11 is 0. The Kier molecular flexibility index (Phi) is 10.8. The Hall–Kier alpha value is -7.49. The van der Waals surface area contributed by atoms with E-state index in [1.807, 2.05) is 12.1 Å². The topological polar surface area (TPSA) is 205 Å². The van der Waals surface area contributed by atoms with Crippen LogP contribution in [0.4, 0.5) is 11.4 Å². The van der Waals surface area contributed by atoms with Crippen LogP contribution >= 0.6 is 0 Å². The number of anilines is 2. The normalized spacial score (nSPS) is 10.4. The molecule has 0 aliphatic heterocycles. The summed E-state index contributed by atoms with van der Waals surface area (Å²) in [6, 6.07) is 24.1. The highest BCUT2D eigenvalue weighted by Crippen LogP contribution is 2.35. The number of nitrogen functional groups attached to an aromatic ring is 1. The van der Waals surface area contributed by atoms with E-state index in [4.69, 9.17) is 38.3 Å². The van der Waals surface area contributed by atoms with Gasteiger partial charge in [0.05, 0.1) is 26.9 Å². The molecule has 0 atom stereocenters. The van der Waals surface area contributed by atoms with Crippen LogP contribution in [0.15, 0.2) is 119 Å². The zero-order valence-electron chi connectivity index (χ0n) is 27.9. The van der Waals surface area contributed by atoms with Crippen molar-refractivity contribution < 1.29 is 37.3 Å². The monoisotopic (exact) mass is 702 g/mol. The zero-order valence-corrected chi connectivity index (χ0v) is 27.9. The van der Waals surface area contributed by atoms with Gasteiger partial charge in [0.2, 0.25) is 12.8 Å². The Morgan fingerprint density at radius 2 is 1.17 bits per heavy atom. The third-order valence-electron chi connectivity index (χ3n) is 6.99. The molecule has 0 fully saturated rings. The predicted octanol–water partition coefficient (Wildman–Crippen LogP) is 6.71. The highest BCUT2D eigenvalue weighted by molar-refractivity contribution is 6.06. The lowest BCUT2D eigenvalue weighted by Crippen LogP contribution is -2.13. The fraction of sp³-hybridized carbons (Fsp3) is 0.0833. The molecule has 7 rings (SSSR count). The van der Waals surface area contributed by atoms with E-state index in [0.717, 1.165) is 0 Å². The Morgan fingerprint density at radius 3 is 1.71 bits per heavy atom. The van der Waals surface area contributed by atoms with Gasteiger partial charge in [-0.05, 0) is 36.4 Å². The molecule has 0 saturated heterocycles. The number of ether oxygens (including phenoxy) is 5. The first-order chi connectivity index (χ1) is 25.4. The smallest absolute Gasteiger partial charge is 0.266 e. The Balaban J connectivity index is 0.000000206. The number of carbonyl (C=O) groups excluding carboxylic acids is 1. The number of rotatable bonds is 11. The molecule has 3 N–H and O–H groups in total. The van der Waals surface area contributed by atoms with Crippen molar-refractivity contribution >= 4 is 17.3 Å². The second-order valence-electron chi connectivity index (χ2n) is 10.4. The average molecular weight is 703 g/mol. The number of hydrogen-bond donors (Lipinski definition) is 2. The Labute approximate surface area is 296 Å². The van der Waals surface area contributed by atoms with Crippen LogP contribution < -0.4 is 34.7 Å². The minimum atomic E-state index is -0.382. The van der Waals surface area contributed by atoms with Gasteiger partial charge in [-0.2, -0.15) is 0 Å². The summed E-state index contributed by atoms with van der Waals surface area (Å²) in [4.78, 5) is 21.3. The molecule has 0 radical (unpaired) electrons. The first kappa shape index (κ1) is 34.4. The lowest BCUT2D eigenvalue weighted by Gasteiger charge is -2.14. The molecule has 52 heavy (non-hydrogen) atoms. The first-order valence-corrected chi connectivity index (χ1v) is 15.3. The maximum Gasteiger partial charge on any atom is 0.266 e. The van der Waals surface area contributed by atoms with Crippen molar-refractivity contribution in [1.29, 1.82) is 0 Å². The van der Waals surface area contributed by atoms with Crippen molar-refractivity contribution in [3.05, 3.63) is 116 Å². The van der Waals surface area contributed by atoms with Crippen LogP contribution in [0.5, 0.6) is 40.2 Å². The molecule has 0 aliphatic rings. The van der Waals surface area contributed by atoms with E-state index in [-0.39, 0.29) is 11.8 Å². The molecule has 3 aromatic carbocycles. The van der Waals surface area contributed by atoms with Crippen LogP contribution in [0.2, 0.25) is 0 Å². The maximum absolute atomic E-state index is 12.9. The van der Waals surface area contributed by atoms with Crippen molar-refractivity contribution in [2.75, 3.05) is 32.4 Å². The van der Waals surface area contributed by atoms with E-state index in [9.17, 15) is 4.79 Å². The van der Waals surface area contributed by atoms with Gasteiger partial charge in [-0.25, -0.2) is 0 Å². The minimum Gasteiger partial charge on any atom is -0.496 e. The van der Waals surface area contributed by atoms with E-state index >= 15 is 0 Å². The maximum atomic E-state index is 12.9. The Bertz CT molecular complexity index is 2250. The second kappa shape index (κ2) is 16.3. The zero-order chi connectivity index (χ0) is 36.3. The van der Waals surface area contributed by atoms with Crippen LogP contribution in [0.25, 0.3) is 23.2 Å². The molecule has 0 aliphatic carbocycles. The van der Waals surface area contributed by atoms with Crippen molar-refractivity contribution in [1.82, 2.24) is 30.4 Å². The molecule has 1 amide bonds. The van der Waals surface area contributed by atoms with Gasteiger partial charge >= 0.3 is 0 Å². The number of pyridine rings is 2. The molecule has 16 nitrogen and oxygen atoms in total. The summed E-state index contributed by atoms with van der Waals surface area (Å²) in [6.45, 7) is 0. The molecule has 0 spiro atoms. The van der Waals surface area contributed by atoms with Crippen LogP contribution in [0.1, 0.15) is 10.4 Å². The summed E-state index contributed by atoms with van der Waals surface area (Å²) in [5.74, 6) is 3.77. The molecular formula is C36H30N8O8. The summed E-state index contributed by atoms with van der Waals surface area (Å²) < 4.78 is 37.8. The van der Waals surface area contributed by atoms with Crippen LogP contribution in [-0.2, 0) is 0 Å². The largest absolute Gasteiger partial charge is 0.496 e.